The van der Waals surface area contributed by atoms with Crippen LogP contribution in [0.2, 0.25) is 0 Å². The summed E-state index contributed by atoms with van der Waals surface area (Å²) in [5.41, 5.74) is 2.54. The van der Waals surface area contributed by atoms with Crippen LogP contribution < -0.4 is 0 Å². The zero-order chi connectivity index (χ0) is 6.97. The van der Waals surface area contributed by atoms with Gasteiger partial charge in [0.25, 0.3) is 0 Å². The first kappa shape index (κ1) is 8.72. The fourth-order valence-corrected chi connectivity index (χ4v) is 1.22. The van der Waals surface area contributed by atoms with Gasteiger partial charge in [0, 0.05) is 42.9 Å². The van der Waals surface area contributed by atoms with E-state index in [2.05, 4.69) is 30.1 Å². The molecule has 2 heteroatoms. The first-order valence-corrected chi connectivity index (χ1v) is 3.40. The van der Waals surface area contributed by atoms with Crippen molar-refractivity contribution in [3.8, 4) is 0 Å². The van der Waals surface area contributed by atoms with Crippen LogP contribution in [0.15, 0.2) is 30.5 Å². The molecule has 1 nitrogen and oxygen atoms in total. The normalized spacial score (nSPS) is 9.55. The zero-order valence-electron chi connectivity index (χ0n) is 6.46. The molecule has 3 radical (unpaired) electrons. The van der Waals surface area contributed by atoms with E-state index in [0.717, 1.165) is 0 Å². The van der Waals surface area contributed by atoms with Gasteiger partial charge >= 0.3 is 0 Å². The third-order valence-corrected chi connectivity index (χ3v) is 1.80. The summed E-state index contributed by atoms with van der Waals surface area (Å²) in [7, 11) is 0. The van der Waals surface area contributed by atoms with Crippen molar-refractivity contribution >= 4 is 36.7 Å². The van der Waals surface area contributed by atoms with Crippen LogP contribution in [0.5, 0.6) is 0 Å². The van der Waals surface area contributed by atoms with Crippen molar-refractivity contribution in [2.24, 2.45) is 0 Å². The molecule has 1 aromatic heterocycles. The number of aromatic nitrogens is 1. The Kier molecular flexibility index (Phi) is 2.66. The summed E-state index contributed by atoms with van der Waals surface area (Å²) in [6.45, 7) is 2.11. The molecule has 0 unspecified atom stereocenters. The number of rotatable bonds is 0. The van der Waals surface area contributed by atoms with Gasteiger partial charge in [-0.2, -0.15) is 0 Å². The van der Waals surface area contributed by atoms with E-state index in [0.29, 0.717) is 0 Å². The summed E-state index contributed by atoms with van der Waals surface area (Å²) < 4.78 is 0. The number of hydrogen-bond acceptors (Lipinski definition) is 0. The van der Waals surface area contributed by atoms with Crippen LogP contribution in [0.4, 0.5) is 0 Å². The maximum atomic E-state index is 3.19. The second-order valence-corrected chi connectivity index (χ2v) is 2.52. The van der Waals surface area contributed by atoms with Crippen LogP contribution in [0.3, 0.4) is 0 Å². The summed E-state index contributed by atoms with van der Waals surface area (Å²) in [6.07, 6.45) is 2.03. The molecule has 11 heavy (non-hydrogen) atoms. The second-order valence-electron chi connectivity index (χ2n) is 2.52. The molecule has 1 aromatic carbocycles. The molecule has 0 amide bonds. The van der Waals surface area contributed by atoms with Crippen LogP contribution in [0.1, 0.15) is 5.56 Å². The predicted molar refractivity (Wildman–Crippen MR) is 48.8 cm³/mol. The molecule has 0 aliphatic carbocycles. The summed E-state index contributed by atoms with van der Waals surface area (Å²) in [4.78, 5) is 3.19. The topological polar surface area (TPSA) is 15.8 Å². The van der Waals surface area contributed by atoms with Crippen LogP contribution in [0.25, 0.3) is 10.9 Å². The Balaban J connectivity index is 0.000000605. The van der Waals surface area contributed by atoms with Crippen LogP contribution >= 0.6 is 0 Å². The van der Waals surface area contributed by atoms with Crippen molar-refractivity contribution in [3.05, 3.63) is 36.0 Å². The third kappa shape index (κ3) is 1.45. The first-order chi connectivity index (χ1) is 4.88. The number of H-pyrrole nitrogens is 1. The molecule has 2 aromatic rings. The molecule has 0 atom stereocenters. The molecule has 0 aliphatic heterocycles. The smallest absolute Gasteiger partial charge is 0.0456 e. The largest absolute Gasteiger partial charge is 0.361 e. The van der Waals surface area contributed by atoms with E-state index in [9.17, 15) is 0 Å². The van der Waals surface area contributed by atoms with E-state index in [1.54, 1.807) is 0 Å². The monoisotopic (exact) mass is 246 g/mol. The van der Waals surface area contributed by atoms with E-state index in [1.807, 2.05) is 12.3 Å². The quantitative estimate of drug-likeness (QED) is 0.732. The molecule has 0 spiro atoms. The Morgan fingerprint density at radius 2 is 1.91 bits per heavy atom. The molecule has 0 saturated carbocycles. The average molecular weight is 246 g/mol. The molecule has 0 saturated heterocycles. The molecular formula is C9H9InN. The number of nitrogens with one attached hydrogen (secondary N) is 1. The number of para-hydroxylation sites is 1. The first-order valence-electron chi connectivity index (χ1n) is 3.40. The molecule has 53 valence electrons. The van der Waals surface area contributed by atoms with Crippen LogP contribution in [-0.2, 0) is 0 Å². The van der Waals surface area contributed by atoms with Crippen molar-refractivity contribution < 1.29 is 0 Å². The van der Waals surface area contributed by atoms with Gasteiger partial charge in [0.15, 0.2) is 0 Å². The van der Waals surface area contributed by atoms with Gasteiger partial charge in [0.2, 0.25) is 0 Å². The van der Waals surface area contributed by atoms with Gasteiger partial charge in [-0.15, -0.1) is 0 Å². The van der Waals surface area contributed by atoms with Gasteiger partial charge in [-0.1, -0.05) is 18.2 Å². The summed E-state index contributed by atoms with van der Waals surface area (Å²) in [6, 6.07) is 8.31. The van der Waals surface area contributed by atoms with Crippen LogP contribution in [0, 0.1) is 6.92 Å². The molecule has 1 N–H and O–H groups in total. The number of fused-ring (bicyclic) bond motifs is 1. The van der Waals surface area contributed by atoms with E-state index in [1.165, 1.54) is 16.5 Å². The Labute approximate surface area is 84.6 Å². The third-order valence-electron chi connectivity index (χ3n) is 1.80. The number of aryl methyl sites for hydroxylation is 1. The van der Waals surface area contributed by atoms with Crippen molar-refractivity contribution in [3.63, 3.8) is 0 Å². The van der Waals surface area contributed by atoms with Crippen LogP contribution in [-0.4, -0.2) is 30.8 Å². The van der Waals surface area contributed by atoms with Crippen molar-refractivity contribution in [2.75, 3.05) is 0 Å². The van der Waals surface area contributed by atoms with Gasteiger partial charge in [-0.3, -0.25) is 0 Å². The molecule has 1 heterocycles. The SMILES string of the molecule is Cc1c[nH]c2ccccc12.[In]. The number of aromatic amines is 1. The standard InChI is InChI=1S/C9H9N.In/c1-7-6-10-9-5-3-2-4-8(7)9;/h2-6,10H,1H3;. The maximum absolute atomic E-state index is 3.19. The van der Waals surface area contributed by atoms with Crippen molar-refractivity contribution in [1.82, 2.24) is 4.98 Å². The fraction of sp³-hybridized carbons (Fsp3) is 0.111. The fourth-order valence-electron chi connectivity index (χ4n) is 1.22. The number of hydrogen-bond donors (Lipinski definition) is 1. The Hall–Kier alpha value is -0.370. The molecule has 0 bridgehead atoms. The zero-order valence-corrected chi connectivity index (χ0v) is 9.76. The maximum Gasteiger partial charge on any atom is 0.0456 e. The number of benzene rings is 1. The summed E-state index contributed by atoms with van der Waals surface area (Å²) in [5.74, 6) is 0. The van der Waals surface area contributed by atoms with E-state index in [4.69, 9.17) is 0 Å². The molecule has 0 fully saturated rings. The molecular weight excluding hydrogens is 237 g/mol. The van der Waals surface area contributed by atoms with Gasteiger partial charge in [0.1, 0.15) is 0 Å². The van der Waals surface area contributed by atoms with Gasteiger partial charge in [0.05, 0.1) is 0 Å². The summed E-state index contributed by atoms with van der Waals surface area (Å²) >= 11 is 0. The molecule has 2 rings (SSSR count). The molecule has 0 aliphatic rings. The minimum absolute atomic E-state index is 0. The minimum atomic E-state index is 0. The van der Waals surface area contributed by atoms with Gasteiger partial charge in [-0.05, 0) is 18.6 Å². The van der Waals surface area contributed by atoms with Gasteiger partial charge < -0.3 is 4.98 Å². The Morgan fingerprint density at radius 3 is 2.64 bits per heavy atom. The summed E-state index contributed by atoms with van der Waals surface area (Å²) in [5, 5.41) is 1.32. The van der Waals surface area contributed by atoms with E-state index < -0.39 is 0 Å². The van der Waals surface area contributed by atoms with Gasteiger partial charge in [-0.25, -0.2) is 0 Å². The van der Waals surface area contributed by atoms with Crippen molar-refractivity contribution in [2.45, 2.75) is 6.92 Å². The average Bonchev–Trinajstić information content (AvgIpc) is 2.34. The minimum Gasteiger partial charge on any atom is -0.361 e. The predicted octanol–water partition coefficient (Wildman–Crippen LogP) is 2.10. The Morgan fingerprint density at radius 1 is 1.18 bits per heavy atom. The van der Waals surface area contributed by atoms with Crippen molar-refractivity contribution in [1.29, 1.82) is 0 Å². The second kappa shape index (κ2) is 3.35. The van der Waals surface area contributed by atoms with E-state index in [-0.39, 0.29) is 25.8 Å². The Bertz CT molecular complexity index is 351. The van der Waals surface area contributed by atoms with E-state index >= 15 is 0 Å².